The van der Waals surface area contributed by atoms with E-state index in [-0.39, 0.29) is 29.2 Å². The number of thioether (sulfide) groups is 1. The van der Waals surface area contributed by atoms with Crippen molar-refractivity contribution < 1.29 is 9.50 Å². The van der Waals surface area contributed by atoms with Crippen LogP contribution in [-0.2, 0) is 12.2 Å². The van der Waals surface area contributed by atoms with Crippen molar-refractivity contribution in [3.05, 3.63) is 82.1 Å². The van der Waals surface area contributed by atoms with Crippen LogP contribution in [0.2, 0.25) is 0 Å². The zero-order chi connectivity index (χ0) is 27.4. The number of nitriles is 2. The van der Waals surface area contributed by atoms with Crippen LogP contribution in [0.15, 0.2) is 58.9 Å². The Labute approximate surface area is 234 Å². The molecule has 1 saturated carbocycles. The van der Waals surface area contributed by atoms with Crippen LogP contribution in [0, 0.1) is 34.4 Å². The number of benzene rings is 2. The van der Waals surface area contributed by atoms with Crippen molar-refractivity contribution in [3.8, 4) is 23.3 Å². The SMILES string of the molecule is N#Cc1c(N)nc(SCc2csc(Nc3ccc(F)cc3)n2)c(C#N)c1-c1ccc(CC2CCC[C@@H]2O)cc1. The second kappa shape index (κ2) is 11.8. The van der Waals surface area contributed by atoms with Crippen LogP contribution in [0.5, 0.6) is 0 Å². The Morgan fingerprint density at radius 2 is 1.79 bits per heavy atom. The predicted octanol–water partition coefficient (Wildman–Crippen LogP) is 6.41. The number of aliphatic hydroxyl groups is 1. The molecule has 39 heavy (non-hydrogen) atoms. The Morgan fingerprint density at radius 1 is 1.05 bits per heavy atom. The average molecular weight is 557 g/mol. The first-order chi connectivity index (χ1) is 18.9. The van der Waals surface area contributed by atoms with Crippen molar-refractivity contribution in [1.82, 2.24) is 9.97 Å². The van der Waals surface area contributed by atoms with Crippen LogP contribution in [0.3, 0.4) is 0 Å². The molecule has 10 heteroatoms. The summed E-state index contributed by atoms with van der Waals surface area (Å²) in [6.07, 6.45) is 3.45. The van der Waals surface area contributed by atoms with Gasteiger partial charge in [-0.15, -0.1) is 11.3 Å². The number of hydrogen-bond acceptors (Lipinski definition) is 9. The van der Waals surface area contributed by atoms with Crippen molar-refractivity contribution in [2.45, 2.75) is 42.6 Å². The lowest BCUT2D eigenvalue weighted by Gasteiger charge is -2.15. The average Bonchev–Trinajstić information content (AvgIpc) is 3.57. The summed E-state index contributed by atoms with van der Waals surface area (Å²) < 4.78 is 13.2. The second-order valence-electron chi connectivity index (χ2n) is 9.37. The van der Waals surface area contributed by atoms with Crippen molar-refractivity contribution >= 4 is 39.7 Å². The van der Waals surface area contributed by atoms with Crippen LogP contribution in [0.4, 0.5) is 21.0 Å². The first-order valence-electron chi connectivity index (χ1n) is 12.5. The van der Waals surface area contributed by atoms with Gasteiger partial charge >= 0.3 is 0 Å². The normalized spacial score (nSPS) is 16.5. The topological polar surface area (TPSA) is 132 Å². The number of aromatic nitrogens is 2. The second-order valence-corrected chi connectivity index (χ2v) is 11.2. The van der Waals surface area contributed by atoms with E-state index in [0.29, 0.717) is 32.6 Å². The molecule has 4 N–H and O–H groups in total. The third kappa shape index (κ3) is 6.04. The van der Waals surface area contributed by atoms with E-state index in [2.05, 4.69) is 27.4 Å². The first-order valence-corrected chi connectivity index (χ1v) is 14.3. The number of nitrogens with zero attached hydrogens (tertiary/aromatic N) is 4. The van der Waals surface area contributed by atoms with Crippen molar-refractivity contribution in [2.75, 3.05) is 11.1 Å². The van der Waals surface area contributed by atoms with Crippen LogP contribution < -0.4 is 11.1 Å². The molecule has 0 radical (unpaired) electrons. The van der Waals surface area contributed by atoms with Crippen molar-refractivity contribution in [2.24, 2.45) is 5.92 Å². The summed E-state index contributed by atoms with van der Waals surface area (Å²) in [5, 5.41) is 36.3. The minimum absolute atomic E-state index is 0.0732. The van der Waals surface area contributed by atoms with E-state index in [1.807, 2.05) is 29.6 Å². The molecule has 0 aliphatic heterocycles. The van der Waals surface area contributed by atoms with E-state index < -0.39 is 0 Å². The standard InChI is InChI=1S/C29H25FN6OS2/c30-20-8-10-21(11-9-20)34-29-35-22(16-39-29)15-38-28-24(14-32)26(23(13-31)27(33)36-28)18-6-4-17(5-7-18)12-19-2-1-3-25(19)37/h4-11,16,19,25,37H,1-3,12,15H2,(H2,33,36)(H,34,35)/t19?,25-/m0/s1. The number of rotatable bonds is 8. The number of pyridine rings is 1. The number of thiazole rings is 1. The lowest BCUT2D eigenvalue weighted by atomic mass is 9.92. The maximum atomic E-state index is 13.2. The highest BCUT2D eigenvalue weighted by atomic mass is 32.2. The first kappa shape index (κ1) is 26.6. The molecule has 0 amide bonds. The maximum Gasteiger partial charge on any atom is 0.187 e. The van der Waals surface area contributed by atoms with Gasteiger partial charge in [-0.3, -0.25) is 0 Å². The molecule has 4 aromatic rings. The van der Waals surface area contributed by atoms with E-state index in [1.165, 1.54) is 35.2 Å². The van der Waals surface area contributed by atoms with Gasteiger partial charge in [-0.2, -0.15) is 10.5 Å². The summed E-state index contributed by atoms with van der Waals surface area (Å²) in [6.45, 7) is 0. The minimum Gasteiger partial charge on any atom is -0.393 e. The van der Waals surface area contributed by atoms with Gasteiger partial charge in [0.1, 0.15) is 34.4 Å². The third-order valence-electron chi connectivity index (χ3n) is 6.78. The Morgan fingerprint density at radius 3 is 2.46 bits per heavy atom. The molecule has 1 aliphatic rings. The van der Waals surface area contributed by atoms with Crippen LogP contribution in [-0.4, -0.2) is 21.2 Å². The Bertz CT molecular complexity index is 1560. The molecule has 5 rings (SSSR count). The monoisotopic (exact) mass is 556 g/mol. The molecule has 1 unspecified atom stereocenters. The van der Waals surface area contributed by atoms with E-state index in [0.717, 1.165) is 42.6 Å². The fourth-order valence-corrected chi connectivity index (χ4v) is 6.51. The molecular weight excluding hydrogens is 531 g/mol. The van der Waals surface area contributed by atoms with Gasteiger partial charge in [0.25, 0.3) is 0 Å². The number of nitrogens with one attached hydrogen (secondary N) is 1. The summed E-state index contributed by atoms with van der Waals surface area (Å²) in [6, 6.07) is 18.2. The molecule has 2 aromatic heterocycles. The van der Waals surface area contributed by atoms with Gasteiger partial charge in [0.05, 0.1) is 17.4 Å². The fourth-order valence-electron chi connectivity index (χ4n) is 4.79. The maximum absolute atomic E-state index is 13.2. The molecule has 0 bridgehead atoms. The molecule has 2 heterocycles. The van der Waals surface area contributed by atoms with Gasteiger partial charge in [-0.1, -0.05) is 42.4 Å². The molecular formula is C29H25FN6OS2. The van der Waals surface area contributed by atoms with Crippen LogP contribution >= 0.6 is 23.1 Å². The van der Waals surface area contributed by atoms with E-state index in [9.17, 15) is 20.0 Å². The number of halogens is 1. The molecule has 196 valence electrons. The predicted molar refractivity (Wildman–Crippen MR) is 152 cm³/mol. The summed E-state index contributed by atoms with van der Waals surface area (Å²) in [7, 11) is 0. The number of anilines is 3. The molecule has 2 aromatic carbocycles. The van der Waals surface area contributed by atoms with Crippen LogP contribution in [0.1, 0.15) is 41.6 Å². The van der Waals surface area contributed by atoms with Gasteiger partial charge in [0, 0.05) is 22.4 Å². The van der Waals surface area contributed by atoms with Crippen molar-refractivity contribution in [1.29, 1.82) is 10.5 Å². The highest BCUT2D eigenvalue weighted by molar-refractivity contribution is 7.98. The zero-order valence-corrected chi connectivity index (χ0v) is 22.5. The van der Waals surface area contributed by atoms with E-state index in [1.54, 1.807) is 12.1 Å². The van der Waals surface area contributed by atoms with E-state index >= 15 is 0 Å². The van der Waals surface area contributed by atoms with E-state index in [4.69, 9.17) is 5.73 Å². The number of nitrogens with two attached hydrogens (primary N) is 1. The van der Waals surface area contributed by atoms with Gasteiger partial charge in [-0.25, -0.2) is 14.4 Å². The fraction of sp³-hybridized carbons (Fsp3) is 0.241. The molecule has 1 fully saturated rings. The van der Waals surface area contributed by atoms with Gasteiger partial charge in [0.15, 0.2) is 5.13 Å². The quantitative estimate of drug-likeness (QED) is 0.212. The molecule has 1 aliphatic carbocycles. The molecule has 0 saturated heterocycles. The largest absolute Gasteiger partial charge is 0.393 e. The van der Waals surface area contributed by atoms with Gasteiger partial charge in [0.2, 0.25) is 0 Å². The Balaban J connectivity index is 1.36. The Kier molecular flexibility index (Phi) is 8.08. The lowest BCUT2D eigenvalue weighted by molar-refractivity contribution is 0.132. The third-order valence-corrected chi connectivity index (χ3v) is 8.59. The number of hydrogen-bond donors (Lipinski definition) is 3. The summed E-state index contributed by atoms with van der Waals surface area (Å²) in [5.74, 6) is 0.468. The smallest absolute Gasteiger partial charge is 0.187 e. The molecule has 0 spiro atoms. The minimum atomic E-state index is -0.307. The Hall–Kier alpha value is -3.96. The number of nitrogen functional groups attached to an aromatic ring is 1. The lowest BCUT2D eigenvalue weighted by Crippen LogP contribution is -2.15. The highest BCUT2D eigenvalue weighted by Gasteiger charge is 2.25. The zero-order valence-electron chi connectivity index (χ0n) is 20.9. The summed E-state index contributed by atoms with van der Waals surface area (Å²) >= 11 is 2.75. The summed E-state index contributed by atoms with van der Waals surface area (Å²) in [5.41, 5.74) is 10.5. The number of aliphatic hydroxyl groups excluding tert-OH is 1. The van der Waals surface area contributed by atoms with Crippen molar-refractivity contribution in [3.63, 3.8) is 0 Å². The summed E-state index contributed by atoms with van der Waals surface area (Å²) in [4.78, 5) is 8.96. The molecule has 2 atom stereocenters. The highest BCUT2D eigenvalue weighted by Crippen LogP contribution is 2.37. The van der Waals surface area contributed by atoms with Crippen LogP contribution in [0.25, 0.3) is 11.1 Å². The molecule has 7 nitrogen and oxygen atoms in total. The van der Waals surface area contributed by atoms with Gasteiger partial charge in [-0.05, 0) is 60.6 Å². The van der Waals surface area contributed by atoms with Gasteiger partial charge < -0.3 is 16.2 Å².